The van der Waals surface area contributed by atoms with Crippen LogP contribution in [0.4, 0.5) is 0 Å². The molecule has 4 heteroatoms. The van der Waals surface area contributed by atoms with Crippen LogP contribution >= 0.6 is 11.3 Å². The van der Waals surface area contributed by atoms with Gasteiger partial charge in [0.05, 0.1) is 5.71 Å². The highest BCUT2D eigenvalue weighted by Gasteiger charge is 2.07. The first kappa shape index (κ1) is 10.9. The molecule has 0 unspecified atom stereocenters. The summed E-state index contributed by atoms with van der Waals surface area (Å²) in [5.41, 5.74) is 2.08. The van der Waals surface area contributed by atoms with E-state index in [-0.39, 0.29) is 0 Å². The van der Waals surface area contributed by atoms with Crippen molar-refractivity contribution in [3.05, 3.63) is 28.2 Å². The Morgan fingerprint density at radius 2 is 2.38 bits per heavy atom. The Hall–Kier alpha value is -1.60. The molecule has 1 aromatic rings. The van der Waals surface area contributed by atoms with Gasteiger partial charge in [-0.1, -0.05) is 11.1 Å². The van der Waals surface area contributed by atoms with E-state index in [4.69, 9.17) is 4.84 Å². The fourth-order valence-electron chi connectivity index (χ4n) is 1.51. The predicted molar refractivity (Wildman–Crippen MR) is 65.4 cm³/mol. The molecular weight excluding hydrogens is 220 g/mol. The SMILES string of the molecule is CO/N=C1/C=C(C#Cc2nccs2)CCC1. The topological polar surface area (TPSA) is 34.5 Å². The maximum Gasteiger partial charge on any atom is 0.167 e. The highest BCUT2D eigenvalue weighted by molar-refractivity contribution is 7.10. The molecule has 0 radical (unpaired) electrons. The maximum absolute atomic E-state index is 4.76. The van der Waals surface area contributed by atoms with Gasteiger partial charge in [-0.2, -0.15) is 0 Å². The molecule has 0 amide bonds. The smallest absolute Gasteiger partial charge is 0.167 e. The van der Waals surface area contributed by atoms with Crippen molar-refractivity contribution in [2.75, 3.05) is 7.11 Å². The Kier molecular flexibility index (Phi) is 3.73. The molecular formula is C12H12N2OS. The van der Waals surface area contributed by atoms with Crippen molar-refractivity contribution in [1.29, 1.82) is 0 Å². The summed E-state index contributed by atoms with van der Waals surface area (Å²) in [6.07, 6.45) is 6.84. The first-order valence-electron chi connectivity index (χ1n) is 5.10. The Balaban J connectivity index is 2.12. The third-order valence-electron chi connectivity index (χ3n) is 2.19. The second kappa shape index (κ2) is 5.47. The van der Waals surface area contributed by atoms with Crippen LogP contribution in [0.25, 0.3) is 0 Å². The first-order valence-corrected chi connectivity index (χ1v) is 5.98. The van der Waals surface area contributed by atoms with Gasteiger partial charge in [-0.3, -0.25) is 0 Å². The van der Waals surface area contributed by atoms with Crippen molar-refractivity contribution in [3.8, 4) is 11.8 Å². The van der Waals surface area contributed by atoms with Gasteiger partial charge in [0.25, 0.3) is 0 Å². The van der Waals surface area contributed by atoms with Crippen LogP contribution < -0.4 is 0 Å². The standard InChI is InChI=1S/C12H12N2OS/c1-15-14-11-4-2-3-10(9-11)5-6-12-13-7-8-16-12/h7-9H,2-4H2,1H3/b14-11+. The number of hydrogen-bond acceptors (Lipinski definition) is 4. The zero-order valence-electron chi connectivity index (χ0n) is 9.06. The molecule has 1 aliphatic rings. The highest BCUT2D eigenvalue weighted by Crippen LogP contribution is 2.15. The summed E-state index contributed by atoms with van der Waals surface area (Å²) in [4.78, 5) is 8.88. The van der Waals surface area contributed by atoms with Gasteiger partial charge < -0.3 is 4.84 Å². The van der Waals surface area contributed by atoms with E-state index < -0.39 is 0 Å². The average molecular weight is 232 g/mol. The molecule has 16 heavy (non-hydrogen) atoms. The normalized spacial score (nSPS) is 17.6. The third-order valence-corrected chi connectivity index (χ3v) is 2.88. The lowest BCUT2D eigenvalue weighted by atomic mass is 9.98. The summed E-state index contributed by atoms with van der Waals surface area (Å²) in [6.45, 7) is 0. The summed E-state index contributed by atoms with van der Waals surface area (Å²) in [7, 11) is 1.57. The quantitative estimate of drug-likeness (QED) is 0.551. The van der Waals surface area contributed by atoms with Gasteiger partial charge in [0.1, 0.15) is 7.11 Å². The van der Waals surface area contributed by atoms with Crippen LogP contribution in [0.5, 0.6) is 0 Å². The molecule has 0 N–H and O–H groups in total. The Morgan fingerprint density at radius 3 is 3.12 bits per heavy atom. The van der Waals surface area contributed by atoms with Crippen molar-refractivity contribution in [3.63, 3.8) is 0 Å². The van der Waals surface area contributed by atoms with Crippen LogP contribution in [-0.2, 0) is 4.84 Å². The summed E-state index contributed by atoms with van der Waals surface area (Å²) in [6, 6.07) is 0. The maximum atomic E-state index is 4.76. The van der Waals surface area contributed by atoms with Gasteiger partial charge in [0.15, 0.2) is 5.01 Å². The van der Waals surface area contributed by atoms with Crippen LogP contribution in [-0.4, -0.2) is 17.8 Å². The molecule has 0 bridgehead atoms. The molecule has 0 saturated carbocycles. The minimum Gasteiger partial charge on any atom is -0.399 e. The van der Waals surface area contributed by atoms with E-state index in [0.717, 1.165) is 35.6 Å². The summed E-state index contributed by atoms with van der Waals surface area (Å²) >= 11 is 1.56. The number of thiazole rings is 1. The lowest BCUT2D eigenvalue weighted by Crippen LogP contribution is -2.02. The minimum absolute atomic E-state index is 0.858. The van der Waals surface area contributed by atoms with Crippen molar-refractivity contribution < 1.29 is 4.84 Å². The monoisotopic (exact) mass is 232 g/mol. The van der Waals surface area contributed by atoms with Crippen LogP contribution in [0.2, 0.25) is 0 Å². The largest absolute Gasteiger partial charge is 0.399 e. The molecule has 1 aliphatic carbocycles. The molecule has 0 fully saturated rings. The van der Waals surface area contributed by atoms with Crippen LogP contribution in [0.3, 0.4) is 0 Å². The molecule has 1 aromatic heterocycles. The van der Waals surface area contributed by atoms with E-state index >= 15 is 0 Å². The van der Waals surface area contributed by atoms with E-state index in [9.17, 15) is 0 Å². The molecule has 3 nitrogen and oxygen atoms in total. The fraction of sp³-hybridized carbons (Fsp3) is 0.333. The second-order valence-electron chi connectivity index (χ2n) is 3.38. The Morgan fingerprint density at radius 1 is 1.44 bits per heavy atom. The van der Waals surface area contributed by atoms with E-state index in [0.29, 0.717) is 0 Å². The van der Waals surface area contributed by atoms with Gasteiger partial charge >= 0.3 is 0 Å². The summed E-state index contributed by atoms with van der Waals surface area (Å²) in [5, 5.41) is 6.72. The van der Waals surface area contributed by atoms with Crippen LogP contribution in [0, 0.1) is 11.8 Å². The third kappa shape index (κ3) is 2.94. The second-order valence-corrected chi connectivity index (χ2v) is 4.27. The number of aromatic nitrogens is 1. The van der Waals surface area contributed by atoms with Gasteiger partial charge in [-0.15, -0.1) is 11.3 Å². The molecule has 0 aliphatic heterocycles. The lowest BCUT2D eigenvalue weighted by molar-refractivity contribution is 0.213. The van der Waals surface area contributed by atoms with Gasteiger partial charge in [-0.05, 0) is 31.3 Å². The number of nitrogens with zero attached hydrogens (tertiary/aromatic N) is 2. The summed E-state index contributed by atoms with van der Waals surface area (Å²) in [5.74, 6) is 6.19. The van der Waals surface area contributed by atoms with Crippen LogP contribution in [0.15, 0.2) is 28.4 Å². The van der Waals surface area contributed by atoms with E-state index in [1.54, 1.807) is 24.6 Å². The van der Waals surface area contributed by atoms with Crippen LogP contribution in [0.1, 0.15) is 24.3 Å². The number of oxime groups is 1. The zero-order chi connectivity index (χ0) is 11.2. The van der Waals surface area contributed by atoms with Crippen molar-refractivity contribution >= 4 is 17.0 Å². The number of rotatable bonds is 1. The van der Waals surface area contributed by atoms with Crippen molar-refractivity contribution in [2.45, 2.75) is 19.3 Å². The number of hydrogen-bond donors (Lipinski definition) is 0. The molecule has 0 saturated heterocycles. The molecule has 82 valence electrons. The van der Waals surface area contributed by atoms with E-state index in [1.165, 1.54) is 0 Å². The average Bonchev–Trinajstić information content (AvgIpc) is 2.80. The predicted octanol–water partition coefficient (Wildman–Crippen LogP) is 2.61. The molecule has 0 spiro atoms. The molecule has 1 heterocycles. The van der Waals surface area contributed by atoms with Gasteiger partial charge in [0.2, 0.25) is 0 Å². The Labute approximate surface area is 98.8 Å². The lowest BCUT2D eigenvalue weighted by Gasteiger charge is -2.08. The fourth-order valence-corrected chi connectivity index (χ4v) is 1.99. The van der Waals surface area contributed by atoms with E-state index in [2.05, 4.69) is 22.0 Å². The van der Waals surface area contributed by atoms with Gasteiger partial charge in [-0.25, -0.2) is 4.98 Å². The van der Waals surface area contributed by atoms with Gasteiger partial charge in [0, 0.05) is 17.2 Å². The minimum atomic E-state index is 0.858. The summed E-state index contributed by atoms with van der Waals surface area (Å²) < 4.78 is 0. The first-order chi connectivity index (χ1) is 7.88. The zero-order valence-corrected chi connectivity index (χ0v) is 9.88. The molecule has 0 aromatic carbocycles. The van der Waals surface area contributed by atoms with Crippen molar-refractivity contribution in [2.24, 2.45) is 5.16 Å². The number of allylic oxidation sites excluding steroid dienone is 2. The van der Waals surface area contributed by atoms with E-state index in [1.807, 2.05) is 11.5 Å². The molecule has 0 atom stereocenters. The highest BCUT2D eigenvalue weighted by atomic mass is 32.1. The molecule has 2 rings (SSSR count). The Bertz CT molecular complexity index is 463. The van der Waals surface area contributed by atoms with Crippen molar-refractivity contribution in [1.82, 2.24) is 4.98 Å².